The maximum Gasteiger partial charge on any atom is 0.337 e. The molecule has 0 spiro atoms. The van der Waals surface area contributed by atoms with Crippen molar-refractivity contribution in [2.45, 2.75) is 12.2 Å². The maximum atomic E-state index is 11.8. The van der Waals surface area contributed by atoms with Gasteiger partial charge in [-0.25, -0.2) is 17.9 Å². The SMILES string of the molecule is CNCCCNS(=O)(=O)Cc1ccc(C(=O)OC)cc1. The first-order chi connectivity index (χ1) is 9.48. The Bertz CT molecular complexity index is 526. The molecule has 0 atom stereocenters. The molecule has 0 aliphatic heterocycles. The molecular formula is C13H20N2O4S. The van der Waals surface area contributed by atoms with Crippen molar-refractivity contribution >= 4 is 16.0 Å². The summed E-state index contributed by atoms with van der Waals surface area (Å²) in [6.07, 6.45) is 0.733. The average Bonchev–Trinajstić information content (AvgIpc) is 2.43. The van der Waals surface area contributed by atoms with E-state index in [-0.39, 0.29) is 5.75 Å². The van der Waals surface area contributed by atoms with E-state index in [0.717, 1.165) is 13.0 Å². The first-order valence-corrected chi connectivity index (χ1v) is 7.93. The molecule has 0 saturated carbocycles. The van der Waals surface area contributed by atoms with E-state index in [2.05, 4.69) is 14.8 Å². The van der Waals surface area contributed by atoms with Crippen molar-refractivity contribution < 1.29 is 17.9 Å². The predicted octanol–water partition coefficient (Wildman–Crippen LogP) is 0.502. The molecule has 0 aromatic heterocycles. The number of rotatable bonds is 8. The maximum absolute atomic E-state index is 11.8. The summed E-state index contributed by atoms with van der Waals surface area (Å²) in [5, 5.41) is 2.95. The van der Waals surface area contributed by atoms with Crippen molar-refractivity contribution in [3.8, 4) is 0 Å². The minimum absolute atomic E-state index is 0.103. The lowest BCUT2D eigenvalue weighted by Gasteiger charge is -2.07. The van der Waals surface area contributed by atoms with Crippen LogP contribution in [0.15, 0.2) is 24.3 Å². The van der Waals surface area contributed by atoms with E-state index >= 15 is 0 Å². The number of carbonyl (C=O) groups excluding carboxylic acids is 1. The van der Waals surface area contributed by atoms with Gasteiger partial charge in [-0.15, -0.1) is 0 Å². The van der Waals surface area contributed by atoms with Crippen molar-refractivity contribution in [3.05, 3.63) is 35.4 Å². The van der Waals surface area contributed by atoms with Gasteiger partial charge in [0.1, 0.15) is 0 Å². The van der Waals surface area contributed by atoms with Crippen LogP contribution in [0.25, 0.3) is 0 Å². The molecule has 0 amide bonds. The van der Waals surface area contributed by atoms with Gasteiger partial charge in [-0.1, -0.05) is 12.1 Å². The molecule has 112 valence electrons. The third-order valence-corrected chi connectivity index (χ3v) is 4.01. The fraction of sp³-hybridized carbons (Fsp3) is 0.462. The van der Waals surface area contributed by atoms with E-state index in [1.54, 1.807) is 24.3 Å². The molecule has 0 aliphatic rings. The monoisotopic (exact) mass is 300 g/mol. The van der Waals surface area contributed by atoms with E-state index in [1.807, 2.05) is 7.05 Å². The summed E-state index contributed by atoms with van der Waals surface area (Å²) >= 11 is 0. The Labute approximate surface area is 119 Å². The number of hydrogen-bond donors (Lipinski definition) is 2. The van der Waals surface area contributed by atoms with E-state index in [1.165, 1.54) is 7.11 Å². The van der Waals surface area contributed by atoms with E-state index in [9.17, 15) is 13.2 Å². The highest BCUT2D eigenvalue weighted by Crippen LogP contribution is 2.08. The van der Waals surface area contributed by atoms with Crippen LogP contribution >= 0.6 is 0 Å². The molecule has 2 N–H and O–H groups in total. The zero-order valence-corrected chi connectivity index (χ0v) is 12.5. The van der Waals surface area contributed by atoms with Gasteiger partial charge >= 0.3 is 5.97 Å². The minimum Gasteiger partial charge on any atom is -0.465 e. The van der Waals surface area contributed by atoms with Crippen LogP contribution in [0, 0.1) is 0 Å². The molecule has 7 heteroatoms. The summed E-state index contributed by atoms with van der Waals surface area (Å²) in [6.45, 7) is 1.17. The Morgan fingerprint density at radius 3 is 2.40 bits per heavy atom. The third kappa shape index (κ3) is 5.68. The third-order valence-electron chi connectivity index (χ3n) is 2.66. The van der Waals surface area contributed by atoms with Crippen LogP contribution in [-0.4, -0.2) is 41.6 Å². The van der Waals surface area contributed by atoms with Crippen molar-refractivity contribution in [1.29, 1.82) is 0 Å². The second-order valence-corrected chi connectivity index (χ2v) is 6.11. The van der Waals surface area contributed by atoms with Crippen LogP contribution in [0.1, 0.15) is 22.3 Å². The minimum atomic E-state index is -3.35. The van der Waals surface area contributed by atoms with E-state index < -0.39 is 16.0 Å². The number of sulfonamides is 1. The quantitative estimate of drug-likeness (QED) is 0.539. The number of hydrogen-bond acceptors (Lipinski definition) is 5. The molecule has 1 aromatic rings. The Morgan fingerprint density at radius 2 is 1.85 bits per heavy atom. The van der Waals surface area contributed by atoms with Gasteiger partial charge in [0.15, 0.2) is 0 Å². The summed E-state index contributed by atoms with van der Waals surface area (Å²) in [5.74, 6) is -0.543. The van der Waals surface area contributed by atoms with Gasteiger partial charge in [-0.05, 0) is 37.7 Å². The summed E-state index contributed by atoms with van der Waals surface area (Å²) in [7, 11) is -0.230. The molecule has 1 aromatic carbocycles. The fourth-order valence-electron chi connectivity index (χ4n) is 1.62. The summed E-state index contributed by atoms with van der Waals surface area (Å²) in [5.41, 5.74) is 1.02. The van der Waals surface area contributed by atoms with Crippen LogP contribution in [0.2, 0.25) is 0 Å². The van der Waals surface area contributed by atoms with Gasteiger partial charge in [0.2, 0.25) is 10.0 Å². The predicted molar refractivity (Wildman–Crippen MR) is 77.0 cm³/mol. The number of methoxy groups -OCH3 is 1. The topological polar surface area (TPSA) is 84.5 Å². The highest BCUT2D eigenvalue weighted by molar-refractivity contribution is 7.88. The first-order valence-electron chi connectivity index (χ1n) is 6.27. The first kappa shape index (κ1) is 16.6. The number of esters is 1. The molecular weight excluding hydrogens is 280 g/mol. The van der Waals surface area contributed by atoms with Crippen LogP contribution in [0.3, 0.4) is 0 Å². The molecule has 6 nitrogen and oxygen atoms in total. The van der Waals surface area contributed by atoms with Gasteiger partial charge in [0, 0.05) is 6.54 Å². The van der Waals surface area contributed by atoms with E-state index in [0.29, 0.717) is 17.7 Å². The molecule has 0 heterocycles. The van der Waals surface area contributed by atoms with Gasteiger partial charge in [0.05, 0.1) is 18.4 Å². The number of carbonyl (C=O) groups is 1. The van der Waals surface area contributed by atoms with Crippen LogP contribution < -0.4 is 10.0 Å². The summed E-state index contributed by atoms with van der Waals surface area (Å²) in [6, 6.07) is 6.33. The second-order valence-electron chi connectivity index (χ2n) is 4.30. The average molecular weight is 300 g/mol. The van der Waals surface area contributed by atoms with Crippen molar-refractivity contribution in [2.75, 3.05) is 27.2 Å². The lowest BCUT2D eigenvalue weighted by atomic mass is 10.1. The molecule has 0 aliphatic carbocycles. The smallest absolute Gasteiger partial charge is 0.337 e. The molecule has 0 radical (unpaired) electrons. The standard InChI is InChI=1S/C13H20N2O4S/c1-14-8-3-9-15-20(17,18)10-11-4-6-12(7-5-11)13(16)19-2/h4-7,14-15H,3,8-10H2,1-2H3. The molecule has 20 heavy (non-hydrogen) atoms. The highest BCUT2D eigenvalue weighted by Gasteiger charge is 2.11. The lowest BCUT2D eigenvalue weighted by Crippen LogP contribution is -2.28. The van der Waals surface area contributed by atoms with Crippen LogP contribution in [0.4, 0.5) is 0 Å². The second kappa shape index (κ2) is 7.98. The lowest BCUT2D eigenvalue weighted by molar-refractivity contribution is 0.0600. The van der Waals surface area contributed by atoms with Crippen LogP contribution in [-0.2, 0) is 20.5 Å². The Kier molecular flexibility index (Phi) is 6.63. The Hall–Kier alpha value is -1.44. The molecule has 0 bridgehead atoms. The number of benzene rings is 1. The van der Waals surface area contributed by atoms with Crippen LogP contribution in [0.5, 0.6) is 0 Å². The Morgan fingerprint density at radius 1 is 1.20 bits per heavy atom. The molecule has 0 fully saturated rings. The van der Waals surface area contributed by atoms with Crippen molar-refractivity contribution in [3.63, 3.8) is 0 Å². The van der Waals surface area contributed by atoms with E-state index in [4.69, 9.17) is 0 Å². The number of ether oxygens (including phenoxy) is 1. The van der Waals surface area contributed by atoms with Gasteiger partial charge in [-0.3, -0.25) is 0 Å². The molecule has 1 rings (SSSR count). The van der Waals surface area contributed by atoms with Crippen molar-refractivity contribution in [1.82, 2.24) is 10.0 Å². The Balaban J connectivity index is 2.57. The highest BCUT2D eigenvalue weighted by atomic mass is 32.2. The zero-order chi connectivity index (χ0) is 15.0. The largest absolute Gasteiger partial charge is 0.465 e. The molecule has 0 saturated heterocycles. The normalized spacial score (nSPS) is 11.3. The van der Waals surface area contributed by atoms with Gasteiger partial charge in [-0.2, -0.15) is 0 Å². The fourth-order valence-corrected chi connectivity index (χ4v) is 2.81. The zero-order valence-electron chi connectivity index (χ0n) is 11.7. The number of nitrogens with one attached hydrogen (secondary N) is 2. The van der Waals surface area contributed by atoms with Crippen molar-refractivity contribution in [2.24, 2.45) is 0 Å². The van der Waals surface area contributed by atoms with Gasteiger partial charge in [0.25, 0.3) is 0 Å². The molecule has 0 unspecified atom stereocenters. The van der Waals surface area contributed by atoms with Gasteiger partial charge < -0.3 is 10.1 Å². The summed E-state index contributed by atoms with van der Waals surface area (Å²) in [4.78, 5) is 11.3. The summed E-state index contributed by atoms with van der Waals surface area (Å²) < 4.78 is 30.7.